The lowest BCUT2D eigenvalue weighted by molar-refractivity contribution is 0.0934. The van der Waals surface area contributed by atoms with Gasteiger partial charge in [0.2, 0.25) is 0 Å². The lowest BCUT2D eigenvalue weighted by Gasteiger charge is -2.16. The van der Waals surface area contributed by atoms with E-state index in [2.05, 4.69) is 15.6 Å². The first kappa shape index (κ1) is 20.4. The van der Waals surface area contributed by atoms with Crippen LogP contribution in [-0.4, -0.2) is 34.1 Å². The van der Waals surface area contributed by atoms with Crippen molar-refractivity contribution in [3.05, 3.63) is 65.5 Å². The summed E-state index contributed by atoms with van der Waals surface area (Å²) in [5.74, 6) is 1.21. The number of nitrogens with zero attached hydrogens (tertiary/aromatic N) is 3. The lowest BCUT2D eigenvalue weighted by Crippen LogP contribution is -2.27. The van der Waals surface area contributed by atoms with Gasteiger partial charge in [-0.3, -0.25) is 4.79 Å². The molecule has 3 rings (SSSR count). The molecule has 2 aromatic carbocycles. The second kappa shape index (κ2) is 8.77. The van der Waals surface area contributed by atoms with Crippen molar-refractivity contribution in [2.45, 2.75) is 39.8 Å². The molecule has 0 aliphatic heterocycles. The Balaban J connectivity index is 1.77. The third-order valence-corrected chi connectivity index (χ3v) is 4.49. The van der Waals surface area contributed by atoms with Gasteiger partial charge in [-0.25, -0.2) is 4.68 Å². The Labute approximate surface area is 170 Å². The van der Waals surface area contributed by atoms with Gasteiger partial charge in [0.05, 0.1) is 30.6 Å². The molecule has 7 nitrogen and oxygen atoms in total. The molecule has 1 aromatic heterocycles. The number of carbonyl (C=O) groups excluding carboxylic acids is 1. The Morgan fingerprint density at radius 1 is 1.07 bits per heavy atom. The summed E-state index contributed by atoms with van der Waals surface area (Å²) >= 11 is 0. The minimum Gasteiger partial charge on any atom is -0.497 e. The van der Waals surface area contributed by atoms with Gasteiger partial charge < -0.3 is 14.8 Å². The van der Waals surface area contributed by atoms with Crippen LogP contribution in [0.4, 0.5) is 0 Å². The van der Waals surface area contributed by atoms with Crippen LogP contribution in [-0.2, 0) is 0 Å². The number of rotatable bonds is 7. The van der Waals surface area contributed by atoms with E-state index in [0.717, 1.165) is 17.0 Å². The third kappa shape index (κ3) is 4.74. The van der Waals surface area contributed by atoms with Gasteiger partial charge in [-0.15, -0.1) is 5.10 Å². The van der Waals surface area contributed by atoms with E-state index in [1.54, 1.807) is 11.8 Å². The molecule has 0 spiro atoms. The van der Waals surface area contributed by atoms with Gasteiger partial charge >= 0.3 is 0 Å². The molecule has 0 bridgehead atoms. The van der Waals surface area contributed by atoms with Crippen molar-refractivity contribution in [2.24, 2.45) is 0 Å². The van der Waals surface area contributed by atoms with Crippen molar-refractivity contribution in [1.29, 1.82) is 0 Å². The van der Waals surface area contributed by atoms with E-state index in [1.165, 1.54) is 0 Å². The quantitative estimate of drug-likeness (QED) is 0.658. The Kier molecular flexibility index (Phi) is 6.16. The van der Waals surface area contributed by atoms with Gasteiger partial charge in [-0.1, -0.05) is 23.4 Å². The van der Waals surface area contributed by atoms with E-state index >= 15 is 0 Å². The fourth-order valence-corrected chi connectivity index (χ4v) is 3.00. The molecule has 1 N–H and O–H groups in total. The molecule has 7 heteroatoms. The number of aromatic nitrogens is 3. The zero-order valence-electron chi connectivity index (χ0n) is 17.3. The summed E-state index contributed by atoms with van der Waals surface area (Å²) in [4.78, 5) is 12.8. The maximum atomic E-state index is 12.8. The van der Waals surface area contributed by atoms with E-state index < -0.39 is 0 Å². The summed E-state index contributed by atoms with van der Waals surface area (Å²) < 4.78 is 12.6. The van der Waals surface area contributed by atoms with Crippen LogP contribution in [0.2, 0.25) is 0 Å². The number of carbonyl (C=O) groups is 1. The number of benzene rings is 2. The highest BCUT2D eigenvalue weighted by molar-refractivity contribution is 5.93. The molecule has 29 heavy (non-hydrogen) atoms. The number of methoxy groups -OCH3 is 1. The van der Waals surface area contributed by atoms with Gasteiger partial charge in [-0.2, -0.15) is 0 Å². The first-order chi connectivity index (χ1) is 13.9. The van der Waals surface area contributed by atoms with Crippen molar-refractivity contribution < 1.29 is 14.3 Å². The summed E-state index contributed by atoms with van der Waals surface area (Å²) in [6.07, 6.45) is 0.0875. The van der Waals surface area contributed by atoms with Crippen molar-refractivity contribution in [2.75, 3.05) is 7.11 Å². The predicted molar refractivity (Wildman–Crippen MR) is 111 cm³/mol. The molecule has 0 fully saturated rings. The summed E-state index contributed by atoms with van der Waals surface area (Å²) in [6, 6.07) is 14.9. The summed E-state index contributed by atoms with van der Waals surface area (Å²) in [7, 11) is 1.61. The normalized spacial score (nSPS) is 11.9. The van der Waals surface area contributed by atoms with Crippen molar-refractivity contribution in [3.63, 3.8) is 0 Å². The molecule has 3 aromatic rings. The number of hydrogen-bond donors (Lipinski definition) is 1. The zero-order chi connectivity index (χ0) is 21.0. The highest BCUT2D eigenvalue weighted by atomic mass is 16.5. The van der Waals surface area contributed by atoms with Crippen LogP contribution < -0.4 is 14.8 Å². The Morgan fingerprint density at radius 2 is 1.79 bits per heavy atom. The Hall–Kier alpha value is -3.35. The molecule has 1 unspecified atom stereocenters. The minimum absolute atomic E-state index is 0.0875. The van der Waals surface area contributed by atoms with Gasteiger partial charge in [0, 0.05) is 6.07 Å². The molecule has 0 saturated carbocycles. The number of ether oxygens (including phenoxy) is 2. The van der Waals surface area contributed by atoms with Gasteiger partial charge in [0.25, 0.3) is 5.91 Å². The first-order valence-corrected chi connectivity index (χ1v) is 9.53. The first-order valence-electron chi connectivity index (χ1n) is 9.53. The van der Waals surface area contributed by atoms with Gasteiger partial charge in [0.1, 0.15) is 11.5 Å². The van der Waals surface area contributed by atoms with Crippen molar-refractivity contribution >= 4 is 5.91 Å². The summed E-state index contributed by atoms with van der Waals surface area (Å²) in [5.41, 5.74) is 2.67. The van der Waals surface area contributed by atoms with E-state index in [-0.39, 0.29) is 23.7 Å². The number of hydrogen-bond acceptors (Lipinski definition) is 5. The zero-order valence-corrected chi connectivity index (χ0v) is 17.3. The molecule has 0 saturated heterocycles. The second-order valence-electron chi connectivity index (χ2n) is 7.07. The molecule has 0 aliphatic carbocycles. The molecule has 1 amide bonds. The standard InChI is InChI=1S/C22H26N4O3/c1-14(2)29-20-11-6-8-17(12-20)15(3)23-22(27)21-16(4)26(25-24-21)18-9-7-10-19(13-18)28-5/h6-15H,1-5H3,(H,23,27). The smallest absolute Gasteiger partial charge is 0.274 e. The molecule has 1 heterocycles. The SMILES string of the molecule is COc1cccc(-n2nnc(C(=O)NC(C)c3cccc(OC(C)C)c3)c2C)c1. The molecule has 0 radical (unpaired) electrons. The van der Waals surface area contributed by atoms with Crippen LogP contribution in [0.15, 0.2) is 48.5 Å². The average Bonchev–Trinajstić information content (AvgIpc) is 3.09. The maximum Gasteiger partial charge on any atom is 0.274 e. The maximum absolute atomic E-state index is 12.8. The molecule has 152 valence electrons. The van der Waals surface area contributed by atoms with E-state index in [9.17, 15) is 4.79 Å². The van der Waals surface area contributed by atoms with E-state index in [0.29, 0.717) is 11.4 Å². The largest absolute Gasteiger partial charge is 0.497 e. The molecular formula is C22H26N4O3. The molecule has 1 atom stereocenters. The summed E-state index contributed by atoms with van der Waals surface area (Å²) in [5, 5.41) is 11.2. The Bertz CT molecular complexity index is 997. The fourth-order valence-electron chi connectivity index (χ4n) is 3.00. The van der Waals surface area contributed by atoms with Crippen LogP contribution >= 0.6 is 0 Å². The van der Waals surface area contributed by atoms with Crippen LogP contribution in [0, 0.1) is 6.92 Å². The average molecular weight is 394 g/mol. The van der Waals surface area contributed by atoms with Gasteiger partial charge in [0.15, 0.2) is 5.69 Å². The van der Waals surface area contributed by atoms with Crippen LogP contribution in [0.25, 0.3) is 5.69 Å². The Morgan fingerprint density at radius 3 is 2.52 bits per heavy atom. The topological polar surface area (TPSA) is 78.3 Å². The van der Waals surface area contributed by atoms with Crippen LogP contribution in [0.5, 0.6) is 11.5 Å². The minimum atomic E-state index is -0.278. The summed E-state index contributed by atoms with van der Waals surface area (Å²) in [6.45, 7) is 7.70. The van der Waals surface area contributed by atoms with E-state index in [4.69, 9.17) is 9.47 Å². The van der Waals surface area contributed by atoms with Crippen molar-refractivity contribution in [3.8, 4) is 17.2 Å². The number of amides is 1. The highest BCUT2D eigenvalue weighted by Gasteiger charge is 2.20. The highest BCUT2D eigenvalue weighted by Crippen LogP contribution is 2.21. The van der Waals surface area contributed by atoms with Gasteiger partial charge in [-0.05, 0) is 57.5 Å². The van der Waals surface area contributed by atoms with Crippen LogP contribution in [0.1, 0.15) is 48.6 Å². The van der Waals surface area contributed by atoms with Crippen LogP contribution in [0.3, 0.4) is 0 Å². The third-order valence-electron chi connectivity index (χ3n) is 4.49. The number of nitrogens with one attached hydrogen (secondary N) is 1. The van der Waals surface area contributed by atoms with Crippen molar-refractivity contribution in [1.82, 2.24) is 20.3 Å². The predicted octanol–water partition coefficient (Wildman–Crippen LogP) is 3.86. The van der Waals surface area contributed by atoms with E-state index in [1.807, 2.05) is 76.2 Å². The second-order valence-corrected chi connectivity index (χ2v) is 7.07. The molecular weight excluding hydrogens is 368 g/mol. The molecule has 0 aliphatic rings. The fraction of sp³-hybridized carbons (Fsp3) is 0.318. The lowest BCUT2D eigenvalue weighted by atomic mass is 10.1. The monoisotopic (exact) mass is 394 g/mol.